The van der Waals surface area contributed by atoms with Crippen molar-refractivity contribution >= 4 is 0 Å². The number of morpholine rings is 1. The summed E-state index contributed by atoms with van der Waals surface area (Å²) < 4.78 is 5.39. The van der Waals surface area contributed by atoms with Crippen LogP contribution in [0.2, 0.25) is 0 Å². The lowest BCUT2D eigenvalue weighted by atomic mass is 9.85. The Labute approximate surface area is 100 Å². The van der Waals surface area contributed by atoms with Crippen LogP contribution in [0.5, 0.6) is 0 Å². The van der Waals surface area contributed by atoms with Crippen LogP contribution < -0.4 is 5.73 Å². The Morgan fingerprint density at radius 3 is 2.38 bits per heavy atom. The first-order valence-corrected chi connectivity index (χ1v) is 6.56. The zero-order chi connectivity index (χ0) is 12.2. The second kappa shape index (κ2) is 5.99. The first kappa shape index (κ1) is 13.9. The summed E-state index contributed by atoms with van der Waals surface area (Å²) in [5.41, 5.74) is 6.47. The normalized spacial score (nSPS) is 23.1. The maximum Gasteiger partial charge on any atom is 0.0594 e. The van der Waals surface area contributed by atoms with E-state index in [1.165, 1.54) is 6.42 Å². The van der Waals surface area contributed by atoms with Crippen molar-refractivity contribution in [3.05, 3.63) is 0 Å². The Balaban J connectivity index is 2.52. The van der Waals surface area contributed by atoms with Gasteiger partial charge in [-0.1, -0.05) is 20.3 Å². The molecular weight excluding hydrogens is 200 g/mol. The van der Waals surface area contributed by atoms with Crippen LogP contribution in [0.15, 0.2) is 0 Å². The predicted octanol–water partition coefficient (Wildman–Crippen LogP) is 1.86. The molecule has 3 heteroatoms. The molecule has 0 radical (unpaired) electrons. The van der Waals surface area contributed by atoms with E-state index in [9.17, 15) is 0 Å². The number of ether oxygens (including phenoxy) is 1. The van der Waals surface area contributed by atoms with Crippen molar-refractivity contribution in [1.82, 2.24) is 4.90 Å². The fourth-order valence-electron chi connectivity index (χ4n) is 2.26. The lowest BCUT2D eigenvalue weighted by Crippen LogP contribution is -2.59. The molecule has 2 atom stereocenters. The molecule has 0 aromatic carbocycles. The van der Waals surface area contributed by atoms with Crippen molar-refractivity contribution in [2.24, 2.45) is 11.7 Å². The van der Waals surface area contributed by atoms with Crippen molar-refractivity contribution in [3.63, 3.8) is 0 Å². The zero-order valence-corrected chi connectivity index (χ0v) is 11.3. The van der Waals surface area contributed by atoms with Crippen LogP contribution >= 0.6 is 0 Å². The van der Waals surface area contributed by atoms with Crippen LogP contribution in [-0.2, 0) is 4.74 Å². The lowest BCUT2D eigenvalue weighted by molar-refractivity contribution is -0.0210. The van der Waals surface area contributed by atoms with Crippen molar-refractivity contribution < 1.29 is 4.74 Å². The minimum Gasteiger partial charge on any atom is -0.379 e. The van der Waals surface area contributed by atoms with E-state index in [0.717, 1.165) is 38.6 Å². The first-order chi connectivity index (χ1) is 7.48. The van der Waals surface area contributed by atoms with E-state index in [1.807, 2.05) is 0 Å². The van der Waals surface area contributed by atoms with Crippen molar-refractivity contribution in [2.45, 2.75) is 52.1 Å². The molecule has 3 nitrogen and oxygen atoms in total. The van der Waals surface area contributed by atoms with Crippen LogP contribution in [0.3, 0.4) is 0 Å². The SMILES string of the molecule is CCC(C)CC(N)C(C)(C)N1CCOCC1. The van der Waals surface area contributed by atoms with Crippen LogP contribution in [0.4, 0.5) is 0 Å². The summed E-state index contributed by atoms with van der Waals surface area (Å²) in [6, 6.07) is 0.251. The molecule has 0 aromatic rings. The second-order valence-corrected chi connectivity index (χ2v) is 5.61. The molecule has 96 valence electrons. The van der Waals surface area contributed by atoms with E-state index in [2.05, 4.69) is 32.6 Å². The highest BCUT2D eigenvalue weighted by atomic mass is 16.5. The maximum absolute atomic E-state index is 6.38. The van der Waals surface area contributed by atoms with Crippen molar-refractivity contribution in [2.75, 3.05) is 26.3 Å². The average molecular weight is 228 g/mol. The van der Waals surface area contributed by atoms with Gasteiger partial charge in [0.2, 0.25) is 0 Å². The molecular formula is C13H28N2O. The van der Waals surface area contributed by atoms with Gasteiger partial charge in [-0.15, -0.1) is 0 Å². The molecule has 1 aliphatic heterocycles. The van der Waals surface area contributed by atoms with Gasteiger partial charge in [-0.05, 0) is 26.2 Å². The van der Waals surface area contributed by atoms with Gasteiger partial charge < -0.3 is 10.5 Å². The Bertz CT molecular complexity index is 200. The third kappa shape index (κ3) is 3.44. The van der Waals surface area contributed by atoms with Gasteiger partial charge in [0.15, 0.2) is 0 Å². The van der Waals surface area contributed by atoms with E-state index in [4.69, 9.17) is 10.5 Å². The summed E-state index contributed by atoms with van der Waals surface area (Å²) in [5, 5.41) is 0. The quantitative estimate of drug-likeness (QED) is 0.780. The Morgan fingerprint density at radius 1 is 1.31 bits per heavy atom. The van der Waals surface area contributed by atoms with Crippen LogP contribution in [0.25, 0.3) is 0 Å². The third-order valence-corrected chi connectivity index (χ3v) is 4.09. The molecule has 0 amide bonds. The largest absolute Gasteiger partial charge is 0.379 e. The highest BCUT2D eigenvalue weighted by Gasteiger charge is 2.34. The fraction of sp³-hybridized carbons (Fsp3) is 1.00. The van der Waals surface area contributed by atoms with Crippen molar-refractivity contribution in [1.29, 1.82) is 0 Å². The predicted molar refractivity (Wildman–Crippen MR) is 68.5 cm³/mol. The monoisotopic (exact) mass is 228 g/mol. The van der Waals surface area contributed by atoms with E-state index in [-0.39, 0.29) is 11.6 Å². The third-order valence-electron chi connectivity index (χ3n) is 4.09. The van der Waals surface area contributed by atoms with Crippen LogP contribution in [0.1, 0.15) is 40.5 Å². The number of rotatable bonds is 5. The lowest BCUT2D eigenvalue weighted by Gasteiger charge is -2.45. The van der Waals surface area contributed by atoms with Crippen LogP contribution in [0, 0.1) is 5.92 Å². The number of nitrogens with two attached hydrogens (primary N) is 1. The molecule has 0 aliphatic carbocycles. The molecule has 16 heavy (non-hydrogen) atoms. The van der Waals surface area contributed by atoms with Gasteiger partial charge in [-0.3, -0.25) is 4.90 Å². The van der Waals surface area contributed by atoms with Gasteiger partial charge in [0.1, 0.15) is 0 Å². The van der Waals surface area contributed by atoms with Gasteiger partial charge in [-0.2, -0.15) is 0 Å². The zero-order valence-electron chi connectivity index (χ0n) is 11.3. The summed E-state index contributed by atoms with van der Waals surface area (Å²) in [4.78, 5) is 2.48. The Morgan fingerprint density at radius 2 is 1.88 bits per heavy atom. The summed E-state index contributed by atoms with van der Waals surface area (Å²) in [6.45, 7) is 12.8. The highest BCUT2D eigenvalue weighted by Crippen LogP contribution is 2.24. The first-order valence-electron chi connectivity index (χ1n) is 6.56. The fourth-order valence-corrected chi connectivity index (χ4v) is 2.26. The Hall–Kier alpha value is -0.120. The standard InChI is InChI=1S/C13H28N2O/c1-5-11(2)10-12(14)13(3,4)15-6-8-16-9-7-15/h11-12H,5-10,14H2,1-4H3. The van der Waals surface area contributed by atoms with E-state index < -0.39 is 0 Å². The molecule has 1 aliphatic rings. The molecule has 0 aromatic heterocycles. The maximum atomic E-state index is 6.38. The molecule has 2 N–H and O–H groups in total. The van der Waals surface area contributed by atoms with Gasteiger partial charge in [0, 0.05) is 24.7 Å². The van der Waals surface area contributed by atoms with E-state index in [1.54, 1.807) is 0 Å². The highest BCUT2D eigenvalue weighted by molar-refractivity contribution is 4.93. The van der Waals surface area contributed by atoms with Gasteiger partial charge in [0.25, 0.3) is 0 Å². The van der Waals surface area contributed by atoms with Gasteiger partial charge >= 0.3 is 0 Å². The summed E-state index contributed by atoms with van der Waals surface area (Å²) in [6.07, 6.45) is 2.33. The number of hydrogen-bond donors (Lipinski definition) is 1. The number of nitrogens with zero attached hydrogens (tertiary/aromatic N) is 1. The topological polar surface area (TPSA) is 38.5 Å². The summed E-state index contributed by atoms with van der Waals surface area (Å²) in [7, 11) is 0. The number of hydrogen-bond acceptors (Lipinski definition) is 3. The van der Waals surface area contributed by atoms with E-state index >= 15 is 0 Å². The van der Waals surface area contributed by atoms with E-state index in [0.29, 0.717) is 0 Å². The molecule has 1 heterocycles. The minimum atomic E-state index is 0.0905. The molecule has 0 spiro atoms. The molecule has 1 rings (SSSR count). The van der Waals surface area contributed by atoms with Crippen LogP contribution in [-0.4, -0.2) is 42.8 Å². The Kier molecular flexibility index (Phi) is 5.22. The molecule has 0 bridgehead atoms. The van der Waals surface area contributed by atoms with Gasteiger partial charge in [-0.25, -0.2) is 0 Å². The summed E-state index contributed by atoms with van der Waals surface area (Å²) in [5.74, 6) is 0.718. The summed E-state index contributed by atoms with van der Waals surface area (Å²) >= 11 is 0. The average Bonchev–Trinajstić information content (AvgIpc) is 2.29. The second-order valence-electron chi connectivity index (χ2n) is 5.61. The smallest absolute Gasteiger partial charge is 0.0594 e. The molecule has 1 fully saturated rings. The molecule has 2 unspecified atom stereocenters. The van der Waals surface area contributed by atoms with Crippen molar-refractivity contribution in [3.8, 4) is 0 Å². The van der Waals surface area contributed by atoms with Gasteiger partial charge in [0.05, 0.1) is 13.2 Å². The molecule has 0 saturated carbocycles. The molecule has 1 saturated heterocycles. The minimum absolute atomic E-state index is 0.0905.